The molecule has 0 aliphatic rings. The third-order valence-corrected chi connectivity index (χ3v) is 1.61. The largest absolute Gasteiger partial charge is 0.461 e. The fourth-order valence-electron chi connectivity index (χ4n) is 0.964. The minimum atomic E-state index is -0.409. The Bertz CT molecular complexity index is 298. The van der Waals surface area contributed by atoms with Gasteiger partial charge in [0, 0.05) is 7.11 Å². The van der Waals surface area contributed by atoms with Crippen molar-refractivity contribution in [2.75, 3.05) is 20.3 Å². The van der Waals surface area contributed by atoms with Crippen LogP contribution >= 0.6 is 0 Å². The van der Waals surface area contributed by atoms with E-state index >= 15 is 0 Å². The summed E-state index contributed by atoms with van der Waals surface area (Å²) in [4.78, 5) is 11.3. The third kappa shape index (κ3) is 2.53. The van der Waals surface area contributed by atoms with Crippen molar-refractivity contribution >= 4 is 5.97 Å². The highest BCUT2D eigenvalue weighted by molar-refractivity contribution is 5.87. The van der Waals surface area contributed by atoms with Gasteiger partial charge in [0.2, 0.25) is 0 Å². The zero-order valence-corrected chi connectivity index (χ0v) is 8.27. The second-order valence-corrected chi connectivity index (χ2v) is 2.56. The zero-order valence-electron chi connectivity index (χ0n) is 8.27. The molecular formula is C8H13N3O3. The molecule has 0 spiro atoms. The van der Waals surface area contributed by atoms with Gasteiger partial charge in [0.05, 0.1) is 26.0 Å². The Balaban J connectivity index is 2.66. The molecule has 0 saturated heterocycles. The average molecular weight is 199 g/mol. The van der Waals surface area contributed by atoms with Crippen molar-refractivity contribution in [2.45, 2.75) is 13.5 Å². The summed E-state index contributed by atoms with van der Waals surface area (Å²) in [5.41, 5.74) is 0.351. The molecule has 0 aliphatic carbocycles. The molecule has 0 aromatic carbocycles. The van der Waals surface area contributed by atoms with Crippen molar-refractivity contribution in [1.82, 2.24) is 15.0 Å². The minimum absolute atomic E-state index is 0.342. The summed E-state index contributed by atoms with van der Waals surface area (Å²) in [7, 11) is 1.58. The summed E-state index contributed by atoms with van der Waals surface area (Å²) in [6.07, 6.45) is 1.38. The highest BCUT2D eigenvalue weighted by atomic mass is 16.5. The van der Waals surface area contributed by atoms with Crippen molar-refractivity contribution in [1.29, 1.82) is 0 Å². The number of rotatable bonds is 5. The molecule has 78 valence electrons. The zero-order chi connectivity index (χ0) is 10.4. The van der Waals surface area contributed by atoms with Crippen LogP contribution in [0.4, 0.5) is 0 Å². The molecule has 0 amide bonds. The van der Waals surface area contributed by atoms with Gasteiger partial charge in [-0.15, -0.1) is 5.10 Å². The van der Waals surface area contributed by atoms with Gasteiger partial charge >= 0.3 is 5.97 Å². The van der Waals surface area contributed by atoms with Crippen LogP contribution in [0.25, 0.3) is 0 Å². The number of carbonyl (C=O) groups excluding carboxylic acids is 1. The lowest BCUT2D eigenvalue weighted by molar-refractivity contribution is 0.0509. The molecule has 1 aromatic rings. The molecule has 0 atom stereocenters. The van der Waals surface area contributed by atoms with E-state index in [-0.39, 0.29) is 0 Å². The molecule has 1 heterocycles. The van der Waals surface area contributed by atoms with E-state index in [4.69, 9.17) is 9.47 Å². The Kier molecular flexibility index (Phi) is 4.06. The van der Waals surface area contributed by atoms with Gasteiger partial charge in [0.25, 0.3) is 0 Å². The number of ether oxygens (including phenoxy) is 2. The third-order valence-electron chi connectivity index (χ3n) is 1.61. The van der Waals surface area contributed by atoms with Crippen molar-refractivity contribution < 1.29 is 14.3 Å². The number of hydrogen-bond donors (Lipinski definition) is 0. The first-order valence-corrected chi connectivity index (χ1v) is 4.34. The minimum Gasteiger partial charge on any atom is -0.461 e. The van der Waals surface area contributed by atoms with Crippen LogP contribution in [0.3, 0.4) is 0 Å². The molecule has 0 radical (unpaired) electrons. The number of aromatic nitrogens is 3. The van der Waals surface area contributed by atoms with Gasteiger partial charge in [0.1, 0.15) is 0 Å². The molecule has 1 aromatic heterocycles. The Morgan fingerprint density at radius 2 is 2.43 bits per heavy atom. The van der Waals surface area contributed by atoms with E-state index < -0.39 is 5.97 Å². The highest BCUT2D eigenvalue weighted by Gasteiger charge is 2.13. The Hall–Kier alpha value is -1.43. The van der Waals surface area contributed by atoms with Crippen LogP contribution in [0.1, 0.15) is 17.4 Å². The van der Waals surface area contributed by atoms with E-state index in [1.807, 2.05) is 0 Å². The molecule has 0 saturated carbocycles. The van der Waals surface area contributed by atoms with Crippen molar-refractivity contribution in [3.8, 4) is 0 Å². The Labute approximate surface area is 81.8 Å². The molecule has 14 heavy (non-hydrogen) atoms. The monoisotopic (exact) mass is 199 g/mol. The maximum absolute atomic E-state index is 11.3. The van der Waals surface area contributed by atoms with Gasteiger partial charge in [-0.2, -0.15) is 0 Å². The Morgan fingerprint density at radius 3 is 3.07 bits per heavy atom. The van der Waals surface area contributed by atoms with Gasteiger partial charge in [0.15, 0.2) is 5.69 Å². The first kappa shape index (κ1) is 10.6. The molecule has 6 nitrogen and oxygen atoms in total. The lowest BCUT2D eigenvalue weighted by atomic mass is 10.4. The van der Waals surface area contributed by atoms with E-state index in [1.165, 1.54) is 10.9 Å². The quantitative estimate of drug-likeness (QED) is 0.629. The average Bonchev–Trinajstić information content (AvgIpc) is 2.63. The van der Waals surface area contributed by atoms with Crippen molar-refractivity contribution in [3.63, 3.8) is 0 Å². The van der Waals surface area contributed by atoms with Gasteiger partial charge < -0.3 is 9.47 Å². The van der Waals surface area contributed by atoms with E-state index in [0.717, 1.165) is 0 Å². The summed E-state index contributed by atoms with van der Waals surface area (Å²) >= 11 is 0. The van der Waals surface area contributed by atoms with Crippen LogP contribution < -0.4 is 0 Å². The van der Waals surface area contributed by atoms with Gasteiger partial charge in [-0.25, -0.2) is 9.48 Å². The van der Waals surface area contributed by atoms with Crippen LogP contribution in [0.15, 0.2) is 6.20 Å². The lowest BCUT2D eigenvalue weighted by Gasteiger charge is -2.04. The van der Waals surface area contributed by atoms with Gasteiger partial charge in [-0.05, 0) is 6.92 Å². The van der Waals surface area contributed by atoms with E-state index in [9.17, 15) is 4.79 Å². The summed E-state index contributed by atoms with van der Waals surface area (Å²) in [5, 5.41) is 7.38. The van der Waals surface area contributed by atoms with Crippen LogP contribution in [0, 0.1) is 0 Å². The number of hydrogen-bond acceptors (Lipinski definition) is 5. The first-order valence-electron chi connectivity index (χ1n) is 4.34. The first-order chi connectivity index (χ1) is 6.79. The number of methoxy groups -OCH3 is 1. The summed E-state index contributed by atoms with van der Waals surface area (Å²) in [5.74, 6) is -0.409. The van der Waals surface area contributed by atoms with E-state index in [2.05, 4.69) is 10.3 Å². The Morgan fingerprint density at radius 1 is 1.64 bits per heavy atom. The topological polar surface area (TPSA) is 66.2 Å². The predicted octanol–water partition coefficient (Wildman–Crippen LogP) is 0.101. The maximum Gasteiger partial charge on any atom is 0.358 e. The number of carbonyl (C=O) groups is 1. The fraction of sp³-hybridized carbons (Fsp3) is 0.625. The normalized spacial score (nSPS) is 10.1. The lowest BCUT2D eigenvalue weighted by Crippen LogP contribution is -2.15. The summed E-state index contributed by atoms with van der Waals surface area (Å²) in [6, 6.07) is 0. The SMILES string of the molecule is CCOC(=O)c1cnnn1CCOC. The van der Waals surface area contributed by atoms with Crippen LogP contribution in [-0.2, 0) is 16.0 Å². The fourth-order valence-corrected chi connectivity index (χ4v) is 0.964. The molecule has 0 unspecified atom stereocenters. The van der Waals surface area contributed by atoms with Crippen LogP contribution in [-0.4, -0.2) is 41.3 Å². The molecular weight excluding hydrogens is 186 g/mol. The molecule has 1 rings (SSSR count). The second-order valence-electron chi connectivity index (χ2n) is 2.56. The standard InChI is InChI=1S/C8H13N3O3/c1-3-14-8(12)7-6-9-10-11(7)4-5-13-2/h6H,3-5H2,1-2H3. The van der Waals surface area contributed by atoms with Crippen LogP contribution in [0.5, 0.6) is 0 Å². The molecule has 0 N–H and O–H groups in total. The second kappa shape index (κ2) is 5.33. The molecule has 0 aliphatic heterocycles. The predicted molar refractivity (Wildman–Crippen MR) is 47.9 cm³/mol. The summed E-state index contributed by atoms with van der Waals surface area (Å²) in [6.45, 7) is 3.07. The smallest absolute Gasteiger partial charge is 0.358 e. The van der Waals surface area contributed by atoms with E-state index in [0.29, 0.717) is 25.5 Å². The van der Waals surface area contributed by atoms with Crippen molar-refractivity contribution in [3.05, 3.63) is 11.9 Å². The number of esters is 1. The van der Waals surface area contributed by atoms with Gasteiger partial charge in [-0.3, -0.25) is 0 Å². The maximum atomic E-state index is 11.3. The highest BCUT2D eigenvalue weighted by Crippen LogP contribution is 1.99. The molecule has 0 bridgehead atoms. The van der Waals surface area contributed by atoms with E-state index in [1.54, 1.807) is 14.0 Å². The van der Waals surface area contributed by atoms with Crippen molar-refractivity contribution in [2.24, 2.45) is 0 Å². The summed E-state index contributed by atoms with van der Waals surface area (Å²) < 4.78 is 11.2. The molecule has 0 fully saturated rings. The van der Waals surface area contributed by atoms with Crippen LogP contribution in [0.2, 0.25) is 0 Å². The number of nitrogens with zero attached hydrogens (tertiary/aromatic N) is 3. The van der Waals surface area contributed by atoms with Gasteiger partial charge in [-0.1, -0.05) is 5.21 Å². The molecule has 6 heteroatoms.